The molecule has 0 radical (unpaired) electrons. The van der Waals surface area contributed by atoms with Gasteiger partial charge < -0.3 is 24.5 Å². The minimum absolute atomic E-state index is 0.0330. The lowest BCUT2D eigenvalue weighted by atomic mass is 9.55. The number of oxime groups is 1. The molecule has 6 nitrogen and oxygen atoms in total. The summed E-state index contributed by atoms with van der Waals surface area (Å²) in [4.78, 5) is 5.81. The lowest BCUT2D eigenvalue weighted by Gasteiger charge is -2.50. The third-order valence-electron chi connectivity index (χ3n) is 8.44. The van der Waals surface area contributed by atoms with Gasteiger partial charge in [0.25, 0.3) is 0 Å². The van der Waals surface area contributed by atoms with Crippen LogP contribution in [0, 0.1) is 17.3 Å². The number of hydrogen-bond acceptors (Lipinski definition) is 6. The molecule has 0 amide bonds. The van der Waals surface area contributed by atoms with Gasteiger partial charge in [-0.15, -0.1) is 0 Å². The molecule has 0 bridgehead atoms. The molecule has 0 aromatic heterocycles. The molecule has 176 valence electrons. The van der Waals surface area contributed by atoms with Crippen molar-refractivity contribution in [1.29, 1.82) is 0 Å². The van der Waals surface area contributed by atoms with Crippen molar-refractivity contribution >= 4 is 5.71 Å². The minimum atomic E-state index is -0.231. The van der Waals surface area contributed by atoms with Crippen molar-refractivity contribution < 1.29 is 24.5 Å². The van der Waals surface area contributed by atoms with E-state index < -0.39 is 0 Å². The Kier molecular flexibility index (Phi) is 5.73. The van der Waals surface area contributed by atoms with Crippen molar-refractivity contribution in [2.24, 2.45) is 22.4 Å². The Morgan fingerprint density at radius 1 is 1.06 bits per heavy atom. The minimum Gasteiger partial charge on any atom is -0.504 e. The molecule has 0 aliphatic heterocycles. The summed E-state index contributed by atoms with van der Waals surface area (Å²) in [6.07, 6.45) is 4.52. The van der Waals surface area contributed by atoms with E-state index in [-0.39, 0.29) is 17.3 Å². The molecule has 5 atom stereocenters. The average Bonchev–Trinajstić information content (AvgIpc) is 3.13. The van der Waals surface area contributed by atoms with Gasteiger partial charge in [-0.2, -0.15) is 0 Å². The third-order valence-corrected chi connectivity index (χ3v) is 8.44. The first-order chi connectivity index (χ1) is 15.9. The summed E-state index contributed by atoms with van der Waals surface area (Å²) in [5, 5.41) is 25.8. The SMILES string of the molecule is COc1ccc(CON=C2C[C@@H]3[C@H](CC[C@]4(C)C(O)CC[C@@H]34)c3cc(OC)c(O)cc32)cc1. The molecule has 0 saturated heterocycles. The van der Waals surface area contributed by atoms with Crippen LogP contribution >= 0.6 is 0 Å². The van der Waals surface area contributed by atoms with Gasteiger partial charge in [-0.3, -0.25) is 0 Å². The number of nitrogens with zero attached hydrogens (tertiary/aromatic N) is 1. The lowest BCUT2D eigenvalue weighted by molar-refractivity contribution is -0.0180. The number of benzene rings is 2. The first-order valence-corrected chi connectivity index (χ1v) is 11.9. The number of aliphatic hydroxyl groups excluding tert-OH is 1. The normalized spacial score (nSPS) is 31.5. The first-order valence-electron chi connectivity index (χ1n) is 11.9. The van der Waals surface area contributed by atoms with Crippen LogP contribution in [0.1, 0.15) is 61.6 Å². The number of rotatable bonds is 5. The highest BCUT2D eigenvalue weighted by Crippen LogP contribution is 2.61. The number of ether oxygens (including phenoxy) is 2. The van der Waals surface area contributed by atoms with Crippen molar-refractivity contribution in [3.8, 4) is 17.2 Å². The van der Waals surface area contributed by atoms with E-state index in [1.165, 1.54) is 5.56 Å². The van der Waals surface area contributed by atoms with Crippen LogP contribution in [0.15, 0.2) is 41.6 Å². The molecule has 2 N–H and O–H groups in total. The van der Waals surface area contributed by atoms with Crippen LogP contribution in [-0.4, -0.2) is 36.2 Å². The van der Waals surface area contributed by atoms with Crippen LogP contribution in [0.5, 0.6) is 17.2 Å². The van der Waals surface area contributed by atoms with Gasteiger partial charge in [0, 0.05) is 5.56 Å². The maximum absolute atomic E-state index is 10.7. The van der Waals surface area contributed by atoms with Gasteiger partial charge >= 0.3 is 0 Å². The summed E-state index contributed by atoms with van der Waals surface area (Å²) in [5.74, 6) is 2.64. The molecule has 2 saturated carbocycles. The molecule has 0 spiro atoms. The van der Waals surface area contributed by atoms with Gasteiger partial charge in [-0.05, 0) is 90.7 Å². The van der Waals surface area contributed by atoms with Crippen molar-refractivity contribution in [3.05, 3.63) is 53.1 Å². The Morgan fingerprint density at radius 3 is 2.58 bits per heavy atom. The Bertz CT molecular complexity index is 1050. The van der Waals surface area contributed by atoms with Gasteiger partial charge in [0.05, 0.1) is 26.0 Å². The molecular formula is C27H33NO5. The summed E-state index contributed by atoms with van der Waals surface area (Å²) >= 11 is 0. The van der Waals surface area contributed by atoms with Gasteiger partial charge in [-0.1, -0.05) is 24.2 Å². The van der Waals surface area contributed by atoms with Crippen LogP contribution < -0.4 is 9.47 Å². The standard InChI is InChI=1S/C27H33NO5/c1-27-11-10-18-19-14-25(32-3)24(29)13-21(19)23(12-20(18)22(27)8-9-26(27)30)28-33-15-16-4-6-17(31-2)7-5-16/h4-7,13-14,18,20,22,26,29-30H,8-12,15H2,1-3H3/t18-,20-,22+,26?,27+/m1/s1. The number of phenolic OH excluding ortho intramolecular Hbond substituents is 1. The number of fused-ring (bicyclic) bond motifs is 5. The zero-order valence-electron chi connectivity index (χ0n) is 19.6. The molecule has 1 unspecified atom stereocenters. The summed E-state index contributed by atoms with van der Waals surface area (Å²) in [5.41, 5.74) is 3.97. The van der Waals surface area contributed by atoms with Gasteiger partial charge in [0.15, 0.2) is 11.5 Å². The number of aliphatic hydroxyl groups is 1. The zero-order valence-corrected chi connectivity index (χ0v) is 19.6. The van der Waals surface area contributed by atoms with E-state index in [1.807, 2.05) is 30.3 Å². The monoisotopic (exact) mass is 451 g/mol. The summed E-state index contributed by atoms with van der Waals surface area (Å²) in [7, 11) is 3.23. The molecule has 3 aliphatic rings. The quantitative estimate of drug-likeness (QED) is 0.625. The number of aromatic hydroxyl groups is 1. The summed E-state index contributed by atoms with van der Waals surface area (Å²) in [6, 6.07) is 11.5. The molecule has 33 heavy (non-hydrogen) atoms. The fraction of sp³-hybridized carbons (Fsp3) is 0.519. The maximum Gasteiger partial charge on any atom is 0.160 e. The highest BCUT2D eigenvalue weighted by Gasteiger charge is 2.55. The highest BCUT2D eigenvalue weighted by molar-refractivity contribution is 6.03. The van der Waals surface area contributed by atoms with Crippen LogP contribution in [0.4, 0.5) is 0 Å². The topological polar surface area (TPSA) is 80.5 Å². The second kappa shape index (κ2) is 8.56. The highest BCUT2D eigenvalue weighted by atomic mass is 16.6. The van der Waals surface area contributed by atoms with Crippen LogP contribution in [0.2, 0.25) is 0 Å². The fourth-order valence-electron chi connectivity index (χ4n) is 6.56. The Labute approximate surface area is 195 Å². The fourth-order valence-corrected chi connectivity index (χ4v) is 6.56. The molecule has 5 rings (SSSR count). The second-order valence-corrected chi connectivity index (χ2v) is 9.99. The molecule has 3 aliphatic carbocycles. The van der Waals surface area contributed by atoms with E-state index in [4.69, 9.17) is 14.3 Å². The van der Waals surface area contributed by atoms with E-state index in [0.29, 0.717) is 30.1 Å². The van der Waals surface area contributed by atoms with Crippen LogP contribution in [0.25, 0.3) is 0 Å². The van der Waals surface area contributed by atoms with Crippen LogP contribution in [0.3, 0.4) is 0 Å². The summed E-state index contributed by atoms with van der Waals surface area (Å²) in [6.45, 7) is 2.62. The largest absolute Gasteiger partial charge is 0.504 e. The molecule has 2 fully saturated rings. The molecule has 2 aromatic rings. The third kappa shape index (κ3) is 3.74. The lowest BCUT2D eigenvalue weighted by Crippen LogP contribution is -2.45. The van der Waals surface area contributed by atoms with Gasteiger partial charge in [0.2, 0.25) is 0 Å². The van der Waals surface area contributed by atoms with Crippen molar-refractivity contribution in [1.82, 2.24) is 0 Å². The van der Waals surface area contributed by atoms with Crippen molar-refractivity contribution in [2.75, 3.05) is 14.2 Å². The summed E-state index contributed by atoms with van der Waals surface area (Å²) < 4.78 is 10.7. The number of hydrogen-bond donors (Lipinski definition) is 2. The number of phenols is 1. The van der Waals surface area contributed by atoms with E-state index in [1.54, 1.807) is 20.3 Å². The second-order valence-electron chi connectivity index (χ2n) is 9.99. The first kappa shape index (κ1) is 22.1. The van der Waals surface area contributed by atoms with Gasteiger partial charge in [0.1, 0.15) is 12.4 Å². The van der Waals surface area contributed by atoms with E-state index in [9.17, 15) is 10.2 Å². The molecule has 2 aromatic carbocycles. The molecular weight excluding hydrogens is 418 g/mol. The van der Waals surface area contributed by atoms with E-state index in [2.05, 4.69) is 12.1 Å². The predicted molar refractivity (Wildman–Crippen MR) is 126 cm³/mol. The Balaban J connectivity index is 1.47. The van der Waals surface area contributed by atoms with E-state index >= 15 is 0 Å². The predicted octanol–water partition coefficient (Wildman–Crippen LogP) is 5.00. The molecule has 0 heterocycles. The van der Waals surface area contributed by atoms with Crippen molar-refractivity contribution in [3.63, 3.8) is 0 Å². The molecule has 6 heteroatoms. The van der Waals surface area contributed by atoms with Gasteiger partial charge in [-0.25, -0.2) is 0 Å². The smallest absolute Gasteiger partial charge is 0.160 e. The number of methoxy groups -OCH3 is 2. The maximum atomic E-state index is 10.7. The zero-order chi connectivity index (χ0) is 23.2. The van der Waals surface area contributed by atoms with E-state index in [0.717, 1.165) is 54.7 Å². The van der Waals surface area contributed by atoms with Crippen LogP contribution in [-0.2, 0) is 11.4 Å². The Morgan fingerprint density at radius 2 is 1.85 bits per heavy atom. The Hall–Kier alpha value is -2.73. The average molecular weight is 452 g/mol. The van der Waals surface area contributed by atoms with Crippen molar-refractivity contribution in [2.45, 2.75) is 57.7 Å².